The van der Waals surface area contributed by atoms with E-state index in [9.17, 15) is 4.79 Å². The first-order chi connectivity index (χ1) is 10.1. The second kappa shape index (κ2) is 6.58. The van der Waals surface area contributed by atoms with Crippen LogP contribution >= 0.6 is 12.4 Å². The Hall–Kier alpha value is -1.72. The summed E-state index contributed by atoms with van der Waals surface area (Å²) in [5.41, 5.74) is 7.64. The third-order valence-corrected chi connectivity index (χ3v) is 4.13. The minimum Gasteiger partial charge on any atom is -0.339 e. The highest BCUT2D eigenvalue weighted by molar-refractivity contribution is 5.94. The van der Waals surface area contributed by atoms with E-state index >= 15 is 0 Å². The van der Waals surface area contributed by atoms with Crippen LogP contribution in [0.4, 0.5) is 0 Å². The van der Waals surface area contributed by atoms with Gasteiger partial charge in [0.1, 0.15) is 0 Å². The van der Waals surface area contributed by atoms with Gasteiger partial charge in [-0.1, -0.05) is 42.3 Å². The third-order valence-electron chi connectivity index (χ3n) is 4.13. The average molecular weight is 322 g/mol. The number of Topliss-reactive ketones (excluding diaryl/α,β-unsaturated/α-hetero) is 1. The Morgan fingerprint density at radius 2 is 1.91 bits per heavy atom. The molecule has 3 rings (SSSR count). The molecule has 0 amide bonds. The first kappa shape index (κ1) is 16.6. The van der Waals surface area contributed by atoms with Gasteiger partial charge in [0.25, 0.3) is 0 Å². The Morgan fingerprint density at radius 3 is 2.50 bits per heavy atom. The van der Waals surface area contributed by atoms with Crippen LogP contribution in [0.1, 0.15) is 60.2 Å². The number of hydrogen-bond donors (Lipinski definition) is 1. The Morgan fingerprint density at radius 1 is 1.27 bits per heavy atom. The van der Waals surface area contributed by atoms with E-state index in [2.05, 4.69) is 10.1 Å². The van der Waals surface area contributed by atoms with E-state index in [1.165, 1.54) is 0 Å². The smallest absolute Gasteiger partial charge is 0.231 e. The summed E-state index contributed by atoms with van der Waals surface area (Å²) in [5, 5.41) is 4.05. The summed E-state index contributed by atoms with van der Waals surface area (Å²) in [6.07, 6.45) is 4.62. The summed E-state index contributed by atoms with van der Waals surface area (Å²) < 4.78 is 5.32. The first-order valence-corrected chi connectivity index (χ1v) is 7.29. The number of hydrogen-bond acceptors (Lipinski definition) is 5. The molecule has 1 aromatic carbocycles. The molecule has 0 bridgehead atoms. The van der Waals surface area contributed by atoms with E-state index in [-0.39, 0.29) is 18.2 Å². The van der Waals surface area contributed by atoms with Crippen LogP contribution in [-0.4, -0.2) is 15.9 Å². The molecule has 0 unspecified atom stereocenters. The number of aromatic nitrogens is 2. The van der Waals surface area contributed by atoms with Crippen molar-refractivity contribution in [3.63, 3.8) is 0 Å². The fraction of sp³-hybridized carbons (Fsp3) is 0.438. The molecule has 22 heavy (non-hydrogen) atoms. The van der Waals surface area contributed by atoms with E-state index in [1.807, 2.05) is 24.3 Å². The lowest BCUT2D eigenvalue weighted by molar-refractivity contribution is 0.101. The lowest BCUT2D eigenvalue weighted by Gasteiger charge is -2.17. The topological polar surface area (TPSA) is 82.0 Å². The molecular formula is C16H20ClN3O2. The fourth-order valence-corrected chi connectivity index (χ4v) is 2.79. The van der Waals surface area contributed by atoms with Crippen LogP contribution < -0.4 is 5.73 Å². The second-order valence-electron chi connectivity index (χ2n) is 5.80. The van der Waals surface area contributed by atoms with Crippen molar-refractivity contribution < 1.29 is 9.32 Å². The van der Waals surface area contributed by atoms with Gasteiger partial charge in [-0.2, -0.15) is 4.98 Å². The first-order valence-electron chi connectivity index (χ1n) is 7.29. The lowest BCUT2D eigenvalue weighted by Crippen LogP contribution is -2.34. The monoisotopic (exact) mass is 321 g/mol. The number of ketones is 1. The van der Waals surface area contributed by atoms with Gasteiger partial charge in [-0.25, -0.2) is 0 Å². The van der Waals surface area contributed by atoms with Crippen molar-refractivity contribution in [3.05, 3.63) is 47.1 Å². The highest BCUT2D eigenvalue weighted by Crippen LogP contribution is 2.34. The minimum atomic E-state index is -0.416. The molecule has 2 aromatic rings. The van der Waals surface area contributed by atoms with Crippen molar-refractivity contribution in [3.8, 4) is 0 Å². The normalized spacial score (nSPS) is 16.3. The van der Waals surface area contributed by atoms with Crippen LogP contribution in [0.5, 0.6) is 0 Å². The maximum atomic E-state index is 11.2. The molecule has 0 aliphatic heterocycles. The Kier molecular flexibility index (Phi) is 4.98. The van der Waals surface area contributed by atoms with Gasteiger partial charge in [0, 0.05) is 5.56 Å². The quantitative estimate of drug-likeness (QED) is 0.875. The summed E-state index contributed by atoms with van der Waals surface area (Å²) in [4.78, 5) is 15.7. The number of halogens is 1. The Bertz CT molecular complexity index is 646. The molecule has 118 valence electrons. The Labute approximate surface area is 135 Å². The summed E-state index contributed by atoms with van der Waals surface area (Å²) in [6, 6.07) is 7.45. The molecule has 0 atom stereocenters. The van der Waals surface area contributed by atoms with Crippen LogP contribution in [0.2, 0.25) is 0 Å². The van der Waals surface area contributed by atoms with E-state index < -0.39 is 5.54 Å². The molecule has 1 fully saturated rings. The zero-order chi connectivity index (χ0) is 14.9. The van der Waals surface area contributed by atoms with Gasteiger partial charge >= 0.3 is 0 Å². The molecular weight excluding hydrogens is 302 g/mol. The van der Waals surface area contributed by atoms with Crippen molar-refractivity contribution in [1.29, 1.82) is 0 Å². The molecule has 0 radical (unpaired) electrons. The molecule has 1 saturated carbocycles. The van der Waals surface area contributed by atoms with Crippen molar-refractivity contribution in [2.75, 3.05) is 0 Å². The molecule has 1 aliphatic rings. The number of nitrogens with zero attached hydrogens (tertiary/aromatic N) is 2. The second-order valence-corrected chi connectivity index (χ2v) is 5.80. The van der Waals surface area contributed by atoms with Gasteiger partial charge < -0.3 is 10.3 Å². The fourth-order valence-electron chi connectivity index (χ4n) is 2.79. The highest BCUT2D eigenvalue weighted by Gasteiger charge is 2.35. The Balaban J connectivity index is 0.00000176. The van der Waals surface area contributed by atoms with Crippen molar-refractivity contribution in [2.45, 2.75) is 44.6 Å². The predicted molar refractivity (Wildman–Crippen MR) is 85.1 cm³/mol. The van der Waals surface area contributed by atoms with Gasteiger partial charge in [0.2, 0.25) is 5.89 Å². The maximum Gasteiger partial charge on any atom is 0.231 e. The van der Waals surface area contributed by atoms with Crippen molar-refractivity contribution >= 4 is 18.2 Å². The van der Waals surface area contributed by atoms with Gasteiger partial charge in [0.15, 0.2) is 11.6 Å². The summed E-state index contributed by atoms with van der Waals surface area (Å²) in [7, 11) is 0. The van der Waals surface area contributed by atoms with E-state index in [4.69, 9.17) is 10.3 Å². The van der Waals surface area contributed by atoms with Gasteiger partial charge in [-0.05, 0) is 25.3 Å². The summed E-state index contributed by atoms with van der Waals surface area (Å²) in [6.45, 7) is 1.56. The molecule has 0 spiro atoms. The minimum absolute atomic E-state index is 0. The maximum absolute atomic E-state index is 11.2. The van der Waals surface area contributed by atoms with E-state index in [0.717, 1.165) is 31.2 Å². The summed E-state index contributed by atoms with van der Waals surface area (Å²) >= 11 is 0. The van der Waals surface area contributed by atoms with Crippen molar-refractivity contribution in [2.24, 2.45) is 5.73 Å². The SMILES string of the molecule is CC(=O)c1ccc(Cc2nc(C3(N)CCCC3)no2)cc1.Cl. The zero-order valence-electron chi connectivity index (χ0n) is 12.5. The molecule has 1 aliphatic carbocycles. The van der Waals surface area contributed by atoms with E-state index in [1.54, 1.807) is 6.92 Å². The average Bonchev–Trinajstić information content (AvgIpc) is 3.10. The lowest BCUT2D eigenvalue weighted by atomic mass is 9.98. The predicted octanol–water partition coefficient (Wildman–Crippen LogP) is 3.01. The van der Waals surface area contributed by atoms with Crippen molar-refractivity contribution in [1.82, 2.24) is 10.1 Å². The zero-order valence-corrected chi connectivity index (χ0v) is 13.4. The van der Waals surface area contributed by atoms with Crippen LogP contribution in [0.3, 0.4) is 0 Å². The number of carbonyl (C=O) groups is 1. The van der Waals surface area contributed by atoms with Gasteiger partial charge in [-0.3, -0.25) is 4.79 Å². The number of rotatable bonds is 4. The van der Waals surface area contributed by atoms with Crippen LogP contribution in [-0.2, 0) is 12.0 Å². The number of benzene rings is 1. The van der Waals surface area contributed by atoms with Crippen LogP contribution in [0, 0.1) is 0 Å². The highest BCUT2D eigenvalue weighted by atomic mass is 35.5. The van der Waals surface area contributed by atoms with Crippen LogP contribution in [0.15, 0.2) is 28.8 Å². The summed E-state index contributed by atoms with van der Waals surface area (Å²) in [5.74, 6) is 1.25. The number of carbonyl (C=O) groups excluding carboxylic acids is 1. The van der Waals surface area contributed by atoms with Crippen LogP contribution in [0.25, 0.3) is 0 Å². The molecule has 5 nitrogen and oxygen atoms in total. The standard InChI is InChI=1S/C16H19N3O2.ClH/c1-11(20)13-6-4-12(5-7-13)10-14-18-15(19-21-14)16(17)8-2-3-9-16;/h4-7H,2-3,8-10,17H2,1H3;1H. The van der Waals surface area contributed by atoms with Gasteiger partial charge in [0.05, 0.1) is 12.0 Å². The van der Waals surface area contributed by atoms with E-state index in [0.29, 0.717) is 23.7 Å². The third kappa shape index (κ3) is 3.36. The molecule has 1 aromatic heterocycles. The molecule has 2 N–H and O–H groups in total. The largest absolute Gasteiger partial charge is 0.339 e. The van der Waals surface area contributed by atoms with Gasteiger partial charge in [-0.15, -0.1) is 12.4 Å². The molecule has 1 heterocycles. The molecule has 6 heteroatoms. The number of nitrogens with two attached hydrogens (primary N) is 1. The molecule has 0 saturated heterocycles.